The van der Waals surface area contributed by atoms with E-state index >= 15 is 0 Å². The summed E-state index contributed by atoms with van der Waals surface area (Å²) in [4.78, 5) is 22.1. The molecule has 1 aliphatic rings. The number of aromatic nitrogens is 2. The van der Waals surface area contributed by atoms with Crippen LogP contribution in [0.2, 0.25) is 0 Å². The van der Waals surface area contributed by atoms with Crippen molar-refractivity contribution in [1.82, 2.24) is 20.2 Å². The maximum Gasteiger partial charge on any atom is 0.220 e. The highest BCUT2D eigenvalue weighted by atomic mass is 16.1. The second-order valence-electron chi connectivity index (χ2n) is 7.34. The van der Waals surface area contributed by atoms with Crippen LogP contribution < -0.4 is 5.32 Å². The molecule has 5 heteroatoms. The lowest BCUT2D eigenvalue weighted by Gasteiger charge is -2.32. The number of H-pyrrole nitrogens is 1. The van der Waals surface area contributed by atoms with E-state index in [4.69, 9.17) is 0 Å². The first kappa shape index (κ1) is 17.7. The standard InChI is InChI=1S/C22H26N4O/c27-22(8-7-17-4-3-11-23-14-17)25-19-9-12-26(13-10-19)16-18-15-24-21-6-2-1-5-20(18)21/h1-6,11,14-15,19,24H,7-10,12-13,16H2,(H,25,27). The Kier molecular flexibility index (Phi) is 5.49. The normalized spacial score (nSPS) is 15.9. The van der Waals surface area contributed by atoms with Gasteiger partial charge in [0.2, 0.25) is 5.91 Å². The van der Waals surface area contributed by atoms with Gasteiger partial charge in [-0.25, -0.2) is 0 Å². The topological polar surface area (TPSA) is 61.0 Å². The first-order valence-corrected chi connectivity index (χ1v) is 9.73. The summed E-state index contributed by atoms with van der Waals surface area (Å²) in [5, 5.41) is 4.51. The van der Waals surface area contributed by atoms with Gasteiger partial charge >= 0.3 is 0 Å². The zero-order chi connectivity index (χ0) is 18.5. The number of aryl methyl sites for hydroxylation is 1. The molecule has 1 aromatic carbocycles. The van der Waals surface area contributed by atoms with Crippen molar-refractivity contribution in [1.29, 1.82) is 0 Å². The summed E-state index contributed by atoms with van der Waals surface area (Å²) in [6.07, 6.45) is 9.02. The lowest BCUT2D eigenvalue weighted by molar-refractivity contribution is -0.122. The second kappa shape index (κ2) is 8.35. The SMILES string of the molecule is O=C(CCc1cccnc1)NC1CCN(Cc2c[nH]c3ccccc23)CC1. The number of piperidine rings is 1. The summed E-state index contributed by atoms with van der Waals surface area (Å²) in [6.45, 7) is 3.01. The molecule has 1 saturated heterocycles. The highest BCUT2D eigenvalue weighted by Gasteiger charge is 2.21. The molecule has 4 rings (SSSR count). The Morgan fingerprint density at radius 1 is 1.19 bits per heavy atom. The Morgan fingerprint density at radius 3 is 2.85 bits per heavy atom. The summed E-state index contributed by atoms with van der Waals surface area (Å²) in [7, 11) is 0. The average Bonchev–Trinajstić information content (AvgIpc) is 3.12. The van der Waals surface area contributed by atoms with Crippen molar-refractivity contribution in [3.63, 3.8) is 0 Å². The molecule has 1 amide bonds. The number of carbonyl (C=O) groups is 1. The lowest BCUT2D eigenvalue weighted by Crippen LogP contribution is -2.44. The number of rotatable bonds is 6. The molecule has 0 bridgehead atoms. The van der Waals surface area contributed by atoms with Crippen molar-refractivity contribution in [2.24, 2.45) is 0 Å². The molecule has 1 fully saturated rings. The fourth-order valence-electron chi connectivity index (χ4n) is 3.84. The van der Waals surface area contributed by atoms with E-state index < -0.39 is 0 Å². The molecule has 0 saturated carbocycles. The molecule has 5 nitrogen and oxygen atoms in total. The molecule has 3 aromatic rings. The predicted octanol–water partition coefficient (Wildman–Crippen LogP) is 3.28. The molecular weight excluding hydrogens is 336 g/mol. The van der Waals surface area contributed by atoms with E-state index in [-0.39, 0.29) is 5.91 Å². The van der Waals surface area contributed by atoms with Gasteiger partial charge in [0.05, 0.1) is 0 Å². The number of benzene rings is 1. The van der Waals surface area contributed by atoms with Crippen molar-refractivity contribution in [2.45, 2.75) is 38.3 Å². The number of aromatic amines is 1. The Bertz CT molecular complexity index is 881. The van der Waals surface area contributed by atoms with Crippen LogP contribution in [-0.2, 0) is 17.8 Å². The fraction of sp³-hybridized carbons (Fsp3) is 0.364. The van der Waals surface area contributed by atoms with Crippen LogP contribution in [0.15, 0.2) is 55.0 Å². The molecule has 0 radical (unpaired) electrons. The number of para-hydroxylation sites is 1. The van der Waals surface area contributed by atoms with Crippen molar-refractivity contribution >= 4 is 16.8 Å². The number of nitrogens with zero attached hydrogens (tertiary/aromatic N) is 2. The van der Waals surface area contributed by atoms with E-state index in [0.29, 0.717) is 12.5 Å². The highest BCUT2D eigenvalue weighted by Crippen LogP contribution is 2.21. The van der Waals surface area contributed by atoms with Gasteiger partial charge < -0.3 is 10.3 Å². The molecule has 0 spiro atoms. The Hall–Kier alpha value is -2.66. The monoisotopic (exact) mass is 362 g/mol. The van der Waals surface area contributed by atoms with Crippen LogP contribution in [0.3, 0.4) is 0 Å². The Balaban J connectivity index is 1.22. The quantitative estimate of drug-likeness (QED) is 0.707. The molecule has 0 unspecified atom stereocenters. The van der Waals surface area contributed by atoms with Crippen LogP contribution in [0.4, 0.5) is 0 Å². The van der Waals surface area contributed by atoms with Crippen molar-refractivity contribution in [3.05, 3.63) is 66.1 Å². The number of hydrogen-bond donors (Lipinski definition) is 2. The van der Waals surface area contributed by atoms with Gasteiger partial charge in [-0.05, 0) is 42.5 Å². The number of amides is 1. The third-order valence-electron chi connectivity index (χ3n) is 5.39. The third-order valence-corrected chi connectivity index (χ3v) is 5.39. The third kappa shape index (κ3) is 4.55. The van der Waals surface area contributed by atoms with Gasteiger partial charge in [0.1, 0.15) is 0 Å². The molecule has 2 aromatic heterocycles. The molecular formula is C22H26N4O. The van der Waals surface area contributed by atoms with E-state index in [0.717, 1.165) is 44.5 Å². The minimum Gasteiger partial charge on any atom is -0.361 e. The molecule has 3 heterocycles. The number of carbonyl (C=O) groups excluding carboxylic acids is 1. The highest BCUT2D eigenvalue weighted by molar-refractivity contribution is 5.83. The van der Waals surface area contributed by atoms with Gasteiger partial charge in [0, 0.05) is 61.6 Å². The maximum absolute atomic E-state index is 12.2. The summed E-state index contributed by atoms with van der Waals surface area (Å²) < 4.78 is 0. The zero-order valence-electron chi connectivity index (χ0n) is 15.5. The van der Waals surface area contributed by atoms with E-state index in [2.05, 4.69) is 50.6 Å². The Labute approximate surface area is 159 Å². The molecule has 2 N–H and O–H groups in total. The van der Waals surface area contributed by atoms with E-state index in [1.807, 2.05) is 18.3 Å². The van der Waals surface area contributed by atoms with E-state index in [1.165, 1.54) is 16.5 Å². The predicted molar refractivity (Wildman–Crippen MR) is 107 cm³/mol. The molecule has 1 aliphatic heterocycles. The van der Waals surface area contributed by atoms with Crippen molar-refractivity contribution in [2.75, 3.05) is 13.1 Å². The Morgan fingerprint density at radius 2 is 2.04 bits per heavy atom. The van der Waals surface area contributed by atoms with Crippen LogP contribution in [0.1, 0.15) is 30.4 Å². The van der Waals surface area contributed by atoms with Gasteiger partial charge in [0.15, 0.2) is 0 Å². The van der Waals surface area contributed by atoms with Crippen molar-refractivity contribution < 1.29 is 4.79 Å². The number of nitrogens with one attached hydrogen (secondary N) is 2. The average molecular weight is 362 g/mol. The first-order chi connectivity index (χ1) is 13.3. The summed E-state index contributed by atoms with van der Waals surface area (Å²) in [5.41, 5.74) is 3.66. The summed E-state index contributed by atoms with van der Waals surface area (Å²) >= 11 is 0. The second-order valence-corrected chi connectivity index (χ2v) is 7.34. The summed E-state index contributed by atoms with van der Waals surface area (Å²) in [5.74, 6) is 0.147. The van der Waals surface area contributed by atoms with Gasteiger partial charge in [-0.2, -0.15) is 0 Å². The first-order valence-electron chi connectivity index (χ1n) is 9.73. The van der Waals surface area contributed by atoms with Gasteiger partial charge in [-0.1, -0.05) is 24.3 Å². The maximum atomic E-state index is 12.2. The summed E-state index contributed by atoms with van der Waals surface area (Å²) in [6, 6.07) is 12.7. The smallest absolute Gasteiger partial charge is 0.220 e. The molecule has 27 heavy (non-hydrogen) atoms. The number of likely N-dealkylation sites (tertiary alicyclic amines) is 1. The van der Waals surface area contributed by atoms with E-state index in [1.54, 1.807) is 6.20 Å². The minimum atomic E-state index is 0.147. The van der Waals surface area contributed by atoms with Crippen LogP contribution in [0.25, 0.3) is 10.9 Å². The van der Waals surface area contributed by atoms with Gasteiger partial charge in [-0.15, -0.1) is 0 Å². The lowest BCUT2D eigenvalue weighted by atomic mass is 10.0. The van der Waals surface area contributed by atoms with Crippen LogP contribution in [0.5, 0.6) is 0 Å². The van der Waals surface area contributed by atoms with Gasteiger partial charge in [-0.3, -0.25) is 14.7 Å². The minimum absolute atomic E-state index is 0.147. The molecule has 0 aliphatic carbocycles. The number of hydrogen-bond acceptors (Lipinski definition) is 3. The van der Waals surface area contributed by atoms with Crippen LogP contribution in [-0.4, -0.2) is 39.9 Å². The number of fused-ring (bicyclic) bond motifs is 1. The van der Waals surface area contributed by atoms with Crippen LogP contribution in [0, 0.1) is 0 Å². The zero-order valence-corrected chi connectivity index (χ0v) is 15.5. The van der Waals surface area contributed by atoms with Crippen LogP contribution >= 0.6 is 0 Å². The van der Waals surface area contributed by atoms with E-state index in [9.17, 15) is 4.79 Å². The van der Waals surface area contributed by atoms with Gasteiger partial charge in [0.25, 0.3) is 0 Å². The number of pyridine rings is 1. The van der Waals surface area contributed by atoms with Crippen molar-refractivity contribution in [3.8, 4) is 0 Å². The fourth-order valence-corrected chi connectivity index (χ4v) is 3.84. The molecule has 0 atom stereocenters. The largest absolute Gasteiger partial charge is 0.361 e. The molecule has 140 valence electrons.